The Bertz CT molecular complexity index is 1480. The Morgan fingerprint density at radius 3 is 2.58 bits per heavy atom. The second-order valence-electron chi connectivity index (χ2n) is 12.5. The van der Waals surface area contributed by atoms with Gasteiger partial charge in [-0.15, -0.1) is 11.3 Å². The van der Waals surface area contributed by atoms with Gasteiger partial charge in [-0.25, -0.2) is 4.98 Å². The standard InChI is InChI=1S/C29H32F3N5O5S/c1-28(2)15-13-37(26(41)18-7-5-11-36(18)27(42)29(30,31)32)21(20(15)28)24(40)34-17(12-14-9-10-33-23(14)39)22(38)25-35-16-6-3-4-8-19(16)43-25/h3-4,6,8,14-15,17-18,20-21H,5,7,9-13H2,1-2H3,(H,33,39)(H,34,40)/t14-,15-,17-,18-,20-,21-/m0/s1. The Hall–Kier alpha value is -3.55. The number of nitrogens with zero attached hydrogens (tertiary/aromatic N) is 3. The average molecular weight is 620 g/mol. The molecule has 6 rings (SSSR count). The van der Waals surface area contributed by atoms with E-state index in [9.17, 15) is 37.1 Å². The third-order valence-electron chi connectivity index (χ3n) is 9.62. The van der Waals surface area contributed by atoms with E-state index in [4.69, 9.17) is 0 Å². The van der Waals surface area contributed by atoms with Crippen molar-refractivity contribution >= 4 is 51.0 Å². The first kappa shape index (κ1) is 29.5. The van der Waals surface area contributed by atoms with Crippen LogP contribution in [-0.4, -0.2) is 88.1 Å². The van der Waals surface area contributed by atoms with Gasteiger partial charge < -0.3 is 20.4 Å². The zero-order chi connectivity index (χ0) is 30.8. The summed E-state index contributed by atoms with van der Waals surface area (Å²) in [5.74, 6) is -4.85. The van der Waals surface area contributed by atoms with Crippen molar-refractivity contribution in [3.8, 4) is 0 Å². The first-order valence-corrected chi connectivity index (χ1v) is 15.3. The van der Waals surface area contributed by atoms with Crippen LogP contribution in [0.3, 0.4) is 0 Å². The molecule has 1 aliphatic carbocycles. The highest BCUT2D eigenvalue weighted by Crippen LogP contribution is 2.65. The summed E-state index contributed by atoms with van der Waals surface area (Å²) in [6.07, 6.45) is -4.27. The van der Waals surface area contributed by atoms with Crippen LogP contribution in [0.1, 0.15) is 49.3 Å². The quantitative estimate of drug-likeness (QED) is 0.459. The van der Waals surface area contributed by atoms with E-state index in [0.717, 1.165) is 4.70 Å². The SMILES string of the molecule is CC1(C)[C@@H]2[C@@H](C(=O)N[C@@H](C[C@@H]3CCNC3=O)C(=O)c3nc4ccccc4s3)N(C(=O)[C@@H]3CCCN3C(=O)C(F)(F)F)C[C@@H]21. The highest BCUT2D eigenvalue weighted by molar-refractivity contribution is 7.20. The van der Waals surface area contributed by atoms with E-state index in [-0.39, 0.29) is 60.5 Å². The lowest BCUT2D eigenvalue weighted by Gasteiger charge is -2.35. The van der Waals surface area contributed by atoms with E-state index in [1.54, 1.807) is 12.1 Å². The van der Waals surface area contributed by atoms with Crippen molar-refractivity contribution < 1.29 is 37.1 Å². The monoisotopic (exact) mass is 619 g/mol. The summed E-state index contributed by atoms with van der Waals surface area (Å²) in [5.41, 5.74) is 0.331. The molecule has 4 fully saturated rings. The molecule has 4 heterocycles. The van der Waals surface area contributed by atoms with Gasteiger partial charge in [-0.05, 0) is 55.1 Å². The number of carbonyl (C=O) groups is 5. The number of ketones is 1. The van der Waals surface area contributed by atoms with Gasteiger partial charge in [0.1, 0.15) is 12.1 Å². The Morgan fingerprint density at radius 2 is 1.91 bits per heavy atom. The van der Waals surface area contributed by atoms with Gasteiger partial charge in [0.2, 0.25) is 23.5 Å². The molecule has 1 aromatic carbocycles. The largest absolute Gasteiger partial charge is 0.471 e. The predicted molar refractivity (Wildman–Crippen MR) is 149 cm³/mol. The average Bonchev–Trinajstić information content (AvgIpc) is 3.61. The van der Waals surface area contributed by atoms with Crippen molar-refractivity contribution in [2.75, 3.05) is 19.6 Å². The van der Waals surface area contributed by atoms with E-state index < -0.39 is 53.7 Å². The normalized spacial score (nSPS) is 28.5. The maximum absolute atomic E-state index is 14.0. The number of alkyl halides is 3. The van der Waals surface area contributed by atoms with Crippen molar-refractivity contribution in [3.63, 3.8) is 0 Å². The zero-order valence-corrected chi connectivity index (χ0v) is 24.5. The predicted octanol–water partition coefficient (Wildman–Crippen LogP) is 2.53. The summed E-state index contributed by atoms with van der Waals surface area (Å²) in [5, 5.41) is 5.75. The van der Waals surface area contributed by atoms with Crippen LogP contribution in [0.5, 0.6) is 0 Å². The van der Waals surface area contributed by atoms with Crippen LogP contribution in [-0.2, 0) is 19.2 Å². The van der Waals surface area contributed by atoms with Crippen molar-refractivity contribution in [2.24, 2.45) is 23.2 Å². The van der Waals surface area contributed by atoms with Gasteiger partial charge in [-0.1, -0.05) is 26.0 Å². The first-order chi connectivity index (χ1) is 20.3. The number of nitrogens with one attached hydrogen (secondary N) is 2. The molecule has 1 saturated carbocycles. The van der Waals surface area contributed by atoms with Crippen molar-refractivity contribution in [1.82, 2.24) is 25.4 Å². The van der Waals surface area contributed by atoms with Crippen LogP contribution >= 0.6 is 11.3 Å². The van der Waals surface area contributed by atoms with Crippen molar-refractivity contribution in [1.29, 1.82) is 0 Å². The van der Waals surface area contributed by atoms with Crippen molar-refractivity contribution in [2.45, 2.75) is 63.8 Å². The lowest BCUT2D eigenvalue weighted by atomic mass is 9.94. The number of amides is 4. The molecule has 10 nitrogen and oxygen atoms in total. The summed E-state index contributed by atoms with van der Waals surface area (Å²) in [7, 11) is 0. The number of hydrogen-bond acceptors (Lipinski definition) is 7. The Morgan fingerprint density at radius 1 is 1.16 bits per heavy atom. The van der Waals surface area contributed by atoms with Crippen LogP contribution in [0.15, 0.2) is 24.3 Å². The van der Waals surface area contributed by atoms with Crippen LogP contribution in [0.25, 0.3) is 10.2 Å². The molecule has 43 heavy (non-hydrogen) atoms. The number of rotatable bonds is 7. The number of carbonyl (C=O) groups excluding carboxylic acids is 5. The third-order valence-corrected chi connectivity index (χ3v) is 10.7. The molecule has 3 saturated heterocycles. The van der Waals surface area contributed by atoms with Gasteiger partial charge in [0, 0.05) is 25.6 Å². The molecule has 14 heteroatoms. The molecule has 0 radical (unpaired) electrons. The fourth-order valence-corrected chi connectivity index (χ4v) is 8.16. The number of likely N-dealkylation sites (tertiary alicyclic amines) is 2. The highest BCUT2D eigenvalue weighted by atomic mass is 32.1. The molecule has 0 bridgehead atoms. The lowest BCUT2D eigenvalue weighted by Crippen LogP contribution is -2.58. The summed E-state index contributed by atoms with van der Waals surface area (Å²) < 4.78 is 40.6. The van der Waals surface area contributed by atoms with Gasteiger partial charge in [0.25, 0.3) is 0 Å². The van der Waals surface area contributed by atoms with Crippen LogP contribution in [0, 0.1) is 23.2 Å². The van der Waals surface area contributed by atoms with Gasteiger partial charge in [-0.3, -0.25) is 24.0 Å². The Kier molecular flexibility index (Phi) is 7.25. The van der Waals surface area contributed by atoms with Gasteiger partial charge in [0.05, 0.1) is 16.3 Å². The number of para-hydroxylation sites is 1. The molecule has 230 valence electrons. The molecular formula is C29H32F3N5O5S. The fraction of sp³-hybridized carbons (Fsp3) is 0.586. The molecule has 0 unspecified atom stereocenters. The maximum Gasteiger partial charge on any atom is 0.471 e. The molecule has 4 aliphatic rings. The van der Waals surface area contributed by atoms with Crippen LogP contribution in [0.4, 0.5) is 13.2 Å². The van der Waals surface area contributed by atoms with Gasteiger partial charge in [-0.2, -0.15) is 13.2 Å². The summed E-state index contributed by atoms with van der Waals surface area (Å²) in [4.78, 5) is 72.3. The molecule has 3 aliphatic heterocycles. The summed E-state index contributed by atoms with van der Waals surface area (Å²) in [6.45, 7) is 4.36. The van der Waals surface area contributed by atoms with E-state index in [2.05, 4.69) is 15.6 Å². The minimum atomic E-state index is -5.12. The number of piperidine rings is 1. The minimum Gasteiger partial charge on any atom is -0.356 e. The highest BCUT2D eigenvalue weighted by Gasteiger charge is 2.70. The molecule has 6 atom stereocenters. The van der Waals surface area contributed by atoms with E-state index >= 15 is 0 Å². The number of thiazole rings is 1. The van der Waals surface area contributed by atoms with Crippen LogP contribution < -0.4 is 10.6 Å². The number of fused-ring (bicyclic) bond motifs is 2. The summed E-state index contributed by atoms with van der Waals surface area (Å²) in [6, 6.07) is 3.78. The fourth-order valence-electron chi connectivity index (χ4n) is 7.20. The zero-order valence-electron chi connectivity index (χ0n) is 23.6. The van der Waals surface area contributed by atoms with Gasteiger partial charge >= 0.3 is 12.1 Å². The maximum atomic E-state index is 14.0. The topological polar surface area (TPSA) is 129 Å². The molecule has 2 aromatic rings. The van der Waals surface area contributed by atoms with Gasteiger partial charge in [0.15, 0.2) is 5.01 Å². The first-order valence-electron chi connectivity index (χ1n) is 14.4. The summed E-state index contributed by atoms with van der Waals surface area (Å²) >= 11 is 1.18. The smallest absolute Gasteiger partial charge is 0.356 e. The van der Waals surface area contributed by atoms with Crippen LogP contribution in [0.2, 0.25) is 0 Å². The minimum absolute atomic E-state index is 0.0426. The number of aromatic nitrogens is 1. The Labute approximate surface area is 249 Å². The van der Waals surface area contributed by atoms with Crippen molar-refractivity contribution in [3.05, 3.63) is 29.3 Å². The third kappa shape index (κ3) is 5.17. The van der Waals surface area contributed by atoms with E-state index in [1.165, 1.54) is 16.2 Å². The molecule has 4 amide bonds. The number of Topliss-reactive ketones (excluding diaryl/α,β-unsaturated/α-hetero) is 1. The second kappa shape index (κ2) is 10.6. The second-order valence-corrected chi connectivity index (χ2v) is 13.5. The molecular weight excluding hydrogens is 587 g/mol. The molecule has 1 aromatic heterocycles. The number of halogens is 3. The lowest BCUT2D eigenvalue weighted by molar-refractivity contribution is -0.187. The van der Waals surface area contributed by atoms with E-state index in [0.29, 0.717) is 23.4 Å². The number of hydrogen-bond donors (Lipinski definition) is 2. The Balaban J connectivity index is 1.26. The van der Waals surface area contributed by atoms with E-state index in [1.807, 2.05) is 26.0 Å². The molecule has 2 N–H and O–H groups in total. The number of benzene rings is 1. The molecule has 0 spiro atoms.